The van der Waals surface area contributed by atoms with Gasteiger partial charge < -0.3 is 10.4 Å². The van der Waals surface area contributed by atoms with Crippen molar-refractivity contribution in [1.29, 1.82) is 0 Å². The number of aromatic nitrogens is 1. The van der Waals surface area contributed by atoms with Gasteiger partial charge in [0.1, 0.15) is 15.7 Å². The molecule has 0 bridgehead atoms. The van der Waals surface area contributed by atoms with Crippen LogP contribution in [0.5, 0.6) is 0 Å². The van der Waals surface area contributed by atoms with E-state index in [1.165, 1.54) is 12.1 Å². The van der Waals surface area contributed by atoms with E-state index >= 15 is 0 Å². The van der Waals surface area contributed by atoms with Gasteiger partial charge in [-0.05, 0) is 18.6 Å². The second kappa shape index (κ2) is 6.51. The SMILES string of the molecule is CCCc1cc(C(=O)O)cc(NCCS(C)(=O)=O)n1. The van der Waals surface area contributed by atoms with E-state index in [0.717, 1.165) is 12.7 Å². The largest absolute Gasteiger partial charge is 0.478 e. The van der Waals surface area contributed by atoms with Crippen LogP contribution < -0.4 is 5.32 Å². The Labute approximate surface area is 112 Å². The van der Waals surface area contributed by atoms with E-state index in [9.17, 15) is 13.2 Å². The lowest BCUT2D eigenvalue weighted by Crippen LogP contribution is -2.15. The summed E-state index contributed by atoms with van der Waals surface area (Å²) >= 11 is 0. The van der Waals surface area contributed by atoms with Gasteiger partial charge in [-0.2, -0.15) is 0 Å². The number of sulfone groups is 1. The minimum Gasteiger partial charge on any atom is -0.478 e. The summed E-state index contributed by atoms with van der Waals surface area (Å²) in [6, 6.07) is 2.94. The molecule has 0 aromatic carbocycles. The third-order valence-corrected chi connectivity index (χ3v) is 3.36. The van der Waals surface area contributed by atoms with Gasteiger partial charge in [-0.25, -0.2) is 18.2 Å². The second-order valence-corrected chi connectivity index (χ2v) is 6.60. The molecule has 0 aliphatic rings. The number of rotatable bonds is 7. The fraction of sp³-hybridized carbons (Fsp3) is 0.500. The van der Waals surface area contributed by atoms with Gasteiger partial charge in [-0.1, -0.05) is 13.3 Å². The normalized spacial score (nSPS) is 11.3. The van der Waals surface area contributed by atoms with Crippen molar-refractivity contribution in [2.75, 3.05) is 23.9 Å². The van der Waals surface area contributed by atoms with Crippen molar-refractivity contribution in [1.82, 2.24) is 4.98 Å². The van der Waals surface area contributed by atoms with Gasteiger partial charge in [0.05, 0.1) is 11.3 Å². The molecule has 0 saturated carbocycles. The molecule has 106 valence electrons. The van der Waals surface area contributed by atoms with Crippen molar-refractivity contribution in [3.63, 3.8) is 0 Å². The Morgan fingerprint density at radius 1 is 1.42 bits per heavy atom. The van der Waals surface area contributed by atoms with Crippen molar-refractivity contribution in [2.45, 2.75) is 19.8 Å². The van der Waals surface area contributed by atoms with Crippen molar-refractivity contribution in [2.24, 2.45) is 0 Å². The first-order chi connectivity index (χ1) is 8.81. The lowest BCUT2D eigenvalue weighted by Gasteiger charge is -2.08. The molecule has 0 aliphatic carbocycles. The minimum atomic E-state index is -3.05. The van der Waals surface area contributed by atoms with E-state index < -0.39 is 15.8 Å². The number of aryl methyl sites for hydroxylation is 1. The molecular weight excluding hydrogens is 268 g/mol. The summed E-state index contributed by atoms with van der Waals surface area (Å²) in [6.07, 6.45) is 2.69. The number of carboxylic acid groups (broad SMARTS) is 1. The molecule has 1 rings (SSSR count). The minimum absolute atomic E-state index is 0.0188. The molecule has 0 aliphatic heterocycles. The van der Waals surface area contributed by atoms with E-state index in [0.29, 0.717) is 17.9 Å². The average molecular weight is 286 g/mol. The van der Waals surface area contributed by atoms with Gasteiger partial charge in [-0.15, -0.1) is 0 Å². The maximum atomic E-state index is 11.0. The number of hydrogen-bond acceptors (Lipinski definition) is 5. The van der Waals surface area contributed by atoms with Crippen LogP contribution in [0.4, 0.5) is 5.82 Å². The number of nitrogens with one attached hydrogen (secondary N) is 1. The maximum absolute atomic E-state index is 11.0. The number of pyridine rings is 1. The van der Waals surface area contributed by atoms with Crippen molar-refractivity contribution in [3.8, 4) is 0 Å². The van der Waals surface area contributed by atoms with Crippen LogP contribution in [0.2, 0.25) is 0 Å². The molecule has 0 amide bonds. The highest BCUT2D eigenvalue weighted by Gasteiger charge is 2.09. The van der Waals surface area contributed by atoms with Gasteiger partial charge in [0.2, 0.25) is 0 Å². The second-order valence-electron chi connectivity index (χ2n) is 4.34. The Bertz CT molecular complexity index is 555. The predicted molar refractivity (Wildman–Crippen MR) is 73.4 cm³/mol. The topological polar surface area (TPSA) is 96.4 Å². The van der Waals surface area contributed by atoms with Crippen LogP contribution in [-0.2, 0) is 16.3 Å². The Balaban J connectivity index is 2.84. The fourth-order valence-corrected chi connectivity index (χ4v) is 2.02. The average Bonchev–Trinajstić information content (AvgIpc) is 2.27. The molecule has 0 radical (unpaired) electrons. The van der Waals surface area contributed by atoms with Gasteiger partial charge in [0, 0.05) is 18.5 Å². The number of carboxylic acids is 1. The standard InChI is InChI=1S/C12H18N2O4S/c1-3-4-10-7-9(12(15)16)8-11(14-10)13-5-6-19(2,17)18/h7-8H,3-6H2,1-2H3,(H,13,14)(H,15,16). The van der Waals surface area contributed by atoms with Gasteiger partial charge in [-0.3, -0.25) is 0 Å². The van der Waals surface area contributed by atoms with Crippen LogP contribution in [0.3, 0.4) is 0 Å². The highest BCUT2D eigenvalue weighted by atomic mass is 32.2. The number of nitrogens with zero attached hydrogens (tertiary/aromatic N) is 1. The zero-order valence-corrected chi connectivity index (χ0v) is 11.8. The summed E-state index contributed by atoms with van der Waals surface area (Å²) in [5.41, 5.74) is 0.838. The summed E-state index contributed by atoms with van der Waals surface area (Å²) in [5, 5.41) is 11.8. The smallest absolute Gasteiger partial charge is 0.335 e. The Morgan fingerprint density at radius 2 is 2.11 bits per heavy atom. The summed E-state index contributed by atoms with van der Waals surface area (Å²) in [6.45, 7) is 2.19. The molecule has 2 N–H and O–H groups in total. The Kier molecular flexibility index (Phi) is 5.29. The third-order valence-electron chi connectivity index (χ3n) is 2.41. The number of hydrogen-bond donors (Lipinski definition) is 2. The van der Waals surface area contributed by atoms with E-state index in [2.05, 4.69) is 10.3 Å². The highest BCUT2D eigenvalue weighted by Crippen LogP contribution is 2.12. The number of anilines is 1. The molecule has 1 aromatic rings. The van der Waals surface area contributed by atoms with Crippen molar-refractivity contribution < 1.29 is 18.3 Å². The fourth-order valence-electron chi connectivity index (χ4n) is 1.55. The van der Waals surface area contributed by atoms with Crippen LogP contribution in [0.1, 0.15) is 29.4 Å². The molecule has 1 aromatic heterocycles. The summed E-state index contributed by atoms with van der Waals surface area (Å²) in [7, 11) is -3.05. The summed E-state index contributed by atoms with van der Waals surface area (Å²) in [5.74, 6) is -0.646. The van der Waals surface area contributed by atoms with Crippen LogP contribution in [0, 0.1) is 0 Å². The number of aromatic carboxylic acids is 1. The van der Waals surface area contributed by atoms with Crippen LogP contribution in [-0.4, -0.2) is 43.0 Å². The molecular formula is C12H18N2O4S. The Morgan fingerprint density at radius 3 is 2.63 bits per heavy atom. The monoisotopic (exact) mass is 286 g/mol. The van der Waals surface area contributed by atoms with Crippen LogP contribution >= 0.6 is 0 Å². The molecule has 0 saturated heterocycles. The van der Waals surface area contributed by atoms with E-state index in [-0.39, 0.29) is 17.9 Å². The maximum Gasteiger partial charge on any atom is 0.335 e. The first kappa shape index (κ1) is 15.4. The van der Waals surface area contributed by atoms with E-state index in [1.807, 2.05) is 6.92 Å². The molecule has 0 spiro atoms. The van der Waals surface area contributed by atoms with Gasteiger partial charge in [0.25, 0.3) is 0 Å². The zero-order chi connectivity index (χ0) is 14.5. The molecule has 0 atom stereocenters. The highest BCUT2D eigenvalue weighted by molar-refractivity contribution is 7.90. The Hall–Kier alpha value is -1.63. The number of carbonyl (C=O) groups is 1. The lowest BCUT2D eigenvalue weighted by atomic mass is 10.1. The van der Waals surface area contributed by atoms with E-state index in [4.69, 9.17) is 5.11 Å². The molecule has 0 fully saturated rings. The molecule has 19 heavy (non-hydrogen) atoms. The van der Waals surface area contributed by atoms with Crippen molar-refractivity contribution in [3.05, 3.63) is 23.4 Å². The third kappa shape index (κ3) is 5.69. The summed E-state index contributed by atoms with van der Waals surface area (Å²) < 4.78 is 22.0. The van der Waals surface area contributed by atoms with Crippen LogP contribution in [0.25, 0.3) is 0 Å². The lowest BCUT2D eigenvalue weighted by molar-refractivity contribution is 0.0696. The first-order valence-corrected chi connectivity index (χ1v) is 8.03. The summed E-state index contributed by atoms with van der Waals surface area (Å²) in [4.78, 5) is 15.2. The first-order valence-electron chi connectivity index (χ1n) is 5.97. The van der Waals surface area contributed by atoms with Gasteiger partial charge in [0.15, 0.2) is 0 Å². The zero-order valence-electron chi connectivity index (χ0n) is 11.0. The van der Waals surface area contributed by atoms with E-state index in [1.54, 1.807) is 0 Å². The predicted octanol–water partition coefficient (Wildman–Crippen LogP) is 1.19. The van der Waals surface area contributed by atoms with Gasteiger partial charge >= 0.3 is 5.97 Å². The molecule has 0 unspecified atom stereocenters. The quantitative estimate of drug-likeness (QED) is 0.781. The molecule has 7 heteroatoms. The van der Waals surface area contributed by atoms with Crippen molar-refractivity contribution >= 4 is 21.6 Å². The molecule has 1 heterocycles. The van der Waals surface area contributed by atoms with Crippen LogP contribution in [0.15, 0.2) is 12.1 Å². The molecule has 6 nitrogen and oxygen atoms in total.